The number of rotatable bonds is 4. The molecule has 0 saturated carbocycles. The third kappa shape index (κ3) is 4.26. The third-order valence-corrected chi connectivity index (χ3v) is 5.36. The maximum Gasteiger partial charge on any atom is 0.410 e. The summed E-state index contributed by atoms with van der Waals surface area (Å²) in [5, 5.41) is 12.8. The van der Waals surface area contributed by atoms with E-state index in [1.54, 1.807) is 4.90 Å². The van der Waals surface area contributed by atoms with Crippen molar-refractivity contribution in [2.75, 3.05) is 24.5 Å². The summed E-state index contributed by atoms with van der Waals surface area (Å²) in [6, 6.07) is 11.4. The lowest BCUT2D eigenvalue weighted by Crippen LogP contribution is -2.55. The second-order valence-corrected chi connectivity index (χ2v) is 7.38. The summed E-state index contributed by atoms with van der Waals surface area (Å²) in [4.78, 5) is 25.1. The van der Waals surface area contributed by atoms with Crippen LogP contribution < -0.4 is 10.2 Å². The van der Waals surface area contributed by atoms with Gasteiger partial charge in [-0.05, 0) is 17.2 Å². The first-order valence-corrected chi connectivity index (χ1v) is 9.88. The van der Waals surface area contributed by atoms with Crippen molar-refractivity contribution in [2.45, 2.75) is 32.2 Å². The first-order valence-electron chi connectivity index (χ1n) is 9.51. The maximum atomic E-state index is 12.7. The van der Waals surface area contributed by atoms with E-state index >= 15 is 0 Å². The van der Waals surface area contributed by atoms with Crippen LogP contribution in [0.15, 0.2) is 30.3 Å². The zero-order chi connectivity index (χ0) is 20.2. The fourth-order valence-electron chi connectivity index (χ4n) is 3.75. The van der Waals surface area contributed by atoms with E-state index in [4.69, 9.17) is 16.3 Å². The molecule has 1 saturated heterocycles. The highest BCUT2D eigenvalue weighted by molar-refractivity contribution is 6.28. The van der Waals surface area contributed by atoms with Gasteiger partial charge < -0.3 is 19.9 Å². The highest BCUT2D eigenvalue weighted by Crippen LogP contribution is 2.28. The second kappa shape index (κ2) is 8.64. The predicted octanol–water partition coefficient (Wildman–Crippen LogP) is 2.47. The Morgan fingerprint density at radius 1 is 1.28 bits per heavy atom. The van der Waals surface area contributed by atoms with E-state index in [2.05, 4.69) is 26.3 Å². The number of hydrogen-bond donors (Lipinski definition) is 1. The Kier molecular flexibility index (Phi) is 5.79. The van der Waals surface area contributed by atoms with Crippen LogP contribution in [0.25, 0.3) is 0 Å². The van der Waals surface area contributed by atoms with Gasteiger partial charge in [-0.25, -0.2) is 14.8 Å². The molecule has 0 radical (unpaired) electrons. The highest BCUT2D eigenvalue weighted by atomic mass is 35.5. The Balaban J connectivity index is 1.47. The fourth-order valence-corrected chi connectivity index (χ4v) is 3.93. The summed E-state index contributed by atoms with van der Waals surface area (Å²) in [5.74, 6) is 0.783. The van der Waals surface area contributed by atoms with Gasteiger partial charge in [0.25, 0.3) is 0 Å². The molecular weight excluding hydrogens is 392 g/mol. The number of nitriles is 1. The number of hydrogen-bond acceptors (Lipinski definition) is 7. The normalized spacial score (nSPS) is 18.3. The molecule has 150 valence electrons. The first-order chi connectivity index (χ1) is 14.2. The summed E-state index contributed by atoms with van der Waals surface area (Å²) in [5.41, 5.74) is 2.86. The monoisotopic (exact) mass is 412 g/mol. The summed E-state index contributed by atoms with van der Waals surface area (Å²) in [6.07, 6.45) is -0.183. The molecule has 1 amide bonds. The van der Waals surface area contributed by atoms with Crippen molar-refractivity contribution in [1.82, 2.24) is 20.2 Å². The topological polar surface area (TPSA) is 94.4 Å². The minimum absolute atomic E-state index is 0.208. The largest absolute Gasteiger partial charge is 0.445 e. The van der Waals surface area contributed by atoms with Crippen LogP contribution in [0.5, 0.6) is 0 Å². The summed E-state index contributed by atoms with van der Waals surface area (Å²) in [7, 11) is 0. The summed E-state index contributed by atoms with van der Waals surface area (Å²) >= 11 is 6.11. The molecule has 2 aliphatic heterocycles. The molecule has 0 unspecified atom stereocenters. The average molecular weight is 413 g/mol. The van der Waals surface area contributed by atoms with Gasteiger partial charge in [0.05, 0.1) is 24.2 Å². The number of carbonyl (C=O) groups excluding carboxylic acids is 1. The number of amides is 1. The van der Waals surface area contributed by atoms with Gasteiger partial charge in [0.15, 0.2) is 0 Å². The van der Waals surface area contributed by atoms with E-state index < -0.39 is 6.09 Å². The SMILES string of the molecule is N#CC[C@H]1CN(c2nc(Cl)nc3c2CNC3)CCN1C(=O)OCc1ccccc1. The molecule has 0 spiro atoms. The van der Waals surface area contributed by atoms with E-state index in [0.717, 1.165) is 22.6 Å². The molecule has 1 fully saturated rings. The lowest BCUT2D eigenvalue weighted by Gasteiger charge is -2.40. The zero-order valence-corrected chi connectivity index (χ0v) is 16.6. The van der Waals surface area contributed by atoms with Gasteiger partial charge >= 0.3 is 6.09 Å². The van der Waals surface area contributed by atoms with Gasteiger partial charge in [-0.15, -0.1) is 0 Å². The van der Waals surface area contributed by atoms with Crippen LogP contribution >= 0.6 is 11.6 Å². The van der Waals surface area contributed by atoms with Gasteiger partial charge in [-0.3, -0.25) is 0 Å². The van der Waals surface area contributed by atoms with Crippen molar-refractivity contribution in [1.29, 1.82) is 5.26 Å². The number of halogens is 1. The number of fused-ring (bicyclic) bond motifs is 1. The van der Waals surface area contributed by atoms with E-state index in [1.807, 2.05) is 30.3 Å². The average Bonchev–Trinajstić information content (AvgIpc) is 3.21. The molecule has 1 atom stereocenters. The van der Waals surface area contributed by atoms with E-state index in [1.165, 1.54) is 0 Å². The highest BCUT2D eigenvalue weighted by Gasteiger charge is 2.34. The second-order valence-electron chi connectivity index (χ2n) is 7.04. The summed E-state index contributed by atoms with van der Waals surface area (Å²) < 4.78 is 5.48. The van der Waals surface area contributed by atoms with Crippen LogP contribution in [-0.2, 0) is 24.4 Å². The number of nitrogens with one attached hydrogen (secondary N) is 1. The van der Waals surface area contributed by atoms with Crippen LogP contribution in [0.1, 0.15) is 23.2 Å². The third-order valence-electron chi connectivity index (χ3n) is 5.19. The zero-order valence-electron chi connectivity index (χ0n) is 15.8. The number of benzene rings is 1. The van der Waals surface area contributed by atoms with Gasteiger partial charge in [0, 0.05) is 38.3 Å². The first kappa shape index (κ1) is 19.4. The molecule has 0 bridgehead atoms. The maximum absolute atomic E-state index is 12.7. The fraction of sp³-hybridized carbons (Fsp3) is 0.400. The molecular formula is C20H21ClN6O2. The van der Waals surface area contributed by atoms with Gasteiger partial charge in [-0.2, -0.15) is 5.26 Å². The molecule has 1 aromatic heterocycles. The van der Waals surface area contributed by atoms with Crippen LogP contribution in [0.4, 0.5) is 10.6 Å². The minimum Gasteiger partial charge on any atom is -0.445 e. The number of piperazine rings is 1. The number of aromatic nitrogens is 2. The van der Waals surface area contributed by atoms with Crippen molar-refractivity contribution in [3.8, 4) is 6.07 Å². The number of ether oxygens (including phenoxy) is 1. The lowest BCUT2D eigenvalue weighted by atomic mass is 10.1. The predicted molar refractivity (Wildman–Crippen MR) is 107 cm³/mol. The molecule has 9 heteroatoms. The molecule has 29 heavy (non-hydrogen) atoms. The Labute approximate surface area is 174 Å². The molecule has 1 aromatic carbocycles. The smallest absolute Gasteiger partial charge is 0.410 e. The van der Waals surface area contributed by atoms with Gasteiger partial charge in [0.2, 0.25) is 5.28 Å². The van der Waals surface area contributed by atoms with Crippen molar-refractivity contribution in [3.63, 3.8) is 0 Å². The molecule has 2 aromatic rings. The van der Waals surface area contributed by atoms with Crippen molar-refractivity contribution in [2.24, 2.45) is 0 Å². The van der Waals surface area contributed by atoms with E-state index in [0.29, 0.717) is 32.7 Å². The Morgan fingerprint density at radius 2 is 2.10 bits per heavy atom. The Hall–Kier alpha value is -2.89. The van der Waals surface area contributed by atoms with Crippen LogP contribution in [0, 0.1) is 11.3 Å². The summed E-state index contributed by atoms with van der Waals surface area (Å²) in [6.45, 7) is 3.08. The molecule has 8 nitrogen and oxygen atoms in total. The molecule has 1 N–H and O–H groups in total. The van der Waals surface area contributed by atoms with Crippen LogP contribution in [-0.4, -0.2) is 46.6 Å². The molecule has 3 heterocycles. The number of nitrogens with zero attached hydrogens (tertiary/aromatic N) is 5. The standard InChI is InChI=1S/C20H21ClN6O2/c21-19-24-17-11-23-10-16(17)18(25-19)26-8-9-27(15(12-26)6-7-22)20(28)29-13-14-4-2-1-3-5-14/h1-5,15,23H,6,8-13H2/t15-/m0/s1. The number of carbonyl (C=O) groups is 1. The van der Waals surface area contributed by atoms with E-state index in [-0.39, 0.29) is 24.4 Å². The van der Waals surface area contributed by atoms with Gasteiger partial charge in [-0.1, -0.05) is 30.3 Å². The van der Waals surface area contributed by atoms with Crippen molar-refractivity contribution >= 4 is 23.5 Å². The van der Waals surface area contributed by atoms with Crippen LogP contribution in [0.2, 0.25) is 5.28 Å². The Morgan fingerprint density at radius 3 is 2.90 bits per heavy atom. The van der Waals surface area contributed by atoms with Crippen molar-refractivity contribution < 1.29 is 9.53 Å². The molecule has 0 aliphatic carbocycles. The number of anilines is 1. The van der Waals surface area contributed by atoms with Gasteiger partial charge in [0.1, 0.15) is 12.4 Å². The van der Waals surface area contributed by atoms with Crippen molar-refractivity contribution in [3.05, 3.63) is 52.4 Å². The Bertz CT molecular complexity index is 933. The minimum atomic E-state index is -0.402. The lowest BCUT2D eigenvalue weighted by molar-refractivity contribution is 0.0768. The molecule has 4 rings (SSSR count). The molecule has 2 aliphatic rings. The quantitative estimate of drug-likeness (QED) is 0.771. The van der Waals surface area contributed by atoms with Crippen LogP contribution in [0.3, 0.4) is 0 Å². The van der Waals surface area contributed by atoms with E-state index in [9.17, 15) is 10.1 Å².